The lowest BCUT2D eigenvalue weighted by Crippen LogP contribution is -2.42. The van der Waals surface area contributed by atoms with E-state index in [0.717, 1.165) is 18.5 Å². The number of carbonyl (C=O) groups excluding carboxylic acids is 2. The van der Waals surface area contributed by atoms with E-state index in [2.05, 4.69) is 21.6 Å². The van der Waals surface area contributed by atoms with Crippen LogP contribution in [0.1, 0.15) is 15.2 Å². The van der Waals surface area contributed by atoms with Crippen molar-refractivity contribution in [1.82, 2.24) is 10.1 Å². The predicted octanol–water partition coefficient (Wildman–Crippen LogP) is 1.95. The molecule has 1 aromatic carbocycles. The number of nitrogens with one attached hydrogen (secondary N) is 1. The minimum absolute atomic E-state index is 0.139. The van der Waals surface area contributed by atoms with Gasteiger partial charge in [0.05, 0.1) is 6.19 Å². The van der Waals surface area contributed by atoms with Crippen molar-refractivity contribution in [3.63, 3.8) is 0 Å². The molecule has 1 amide bonds. The van der Waals surface area contributed by atoms with Gasteiger partial charge in [-0.15, -0.1) is 11.3 Å². The first-order valence-electron chi connectivity index (χ1n) is 8.50. The summed E-state index contributed by atoms with van der Waals surface area (Å²) < 4.78 is 0. The molecule has 0 bridgehead atoms. The average molecular weight is 383 g/mol. The highest BCUT2D eigenvalue weighted by Crippen LogP contribution is 2.46. The minimum Gasteiger partial charge on any atom is -0.336 e. The molecule has 2 aromatic rings. The van der Waals surface area contributed by atoms with Gasteiger partial charge in [0.15, 0.2) is 5.17 Å². The van der Waals surface area contributed by atoms with Gasteiger partial charge >= 0.3 is 0 Å². The molecule has 2 aliphatic rings. The fourth-order valence-corrected chi connectivity index (χ4v) is 5.71. The zero-order valence-corrected chi connectivity index (χ0v) is 15.8. The van der Waals surface area contributed by atoms with E-state index >= 15 is 0 Å². The lowest BCUT2D eigenvalue weighted by molar-refractivity contribution is 0.0977. The first kappa shape index (κ1) is 17.5. The highest BCUT2D eigenvalue weighted by atomic mass is 32.2. The smallest absolute Gasteiger partial charge is 0.281 e. The summed E-state index contributed by atoms with van der Waals surface area (Å²) in [6, 6.07) is 13.3. The number of rotatable bonds is 4. The zero-order chi connectivity index (χ0) is 18.0. The summed E-state index contributed by atoms with van der Waals surface area (Å²) in [6.07, 6.45) is 0.953. The van der Waals surface area contributed by atoms with Gasteiger partial charge < -0.3 is 14.9 Å². The van der Waals surface area contributed by atoms with Crippen molar-refractivity contribution in [2.75, 3.05) is 18.8 Å². The van der Waals surface area contributed by atoms with Gasteiger partial charge in [0.1, 0.15) is 5.54 Å². The predicted molar refractivity (Wildman–Crippen MR) is 109 cm³/mol. The third kappa shape index (κ3) is 3.24. The van der Waals surface area contributed by atoms with Crippen LogP contribution in [0.25, 0.3) is 0 Å². The Balaban J connectivity index is 1.63. The molecule has 1 N–H and O–H groups in total. The van der Waals surface area contributed by atoms with Gasteiger partial charge in [0, 0.05) is 28.7 Å². The van der Waals surface area contributed by atoms with Gasteiger partial charge in [-0.25, -0.2) is 4.99 Å². The van der Waals surface area contributed by atoms with Crippen LogP contribution in [0.4, 0.5) is 0 Å². The Morgan fingerprint density at radius 1 is 1.31 bits per heavy atom. The molecule has 2 atom stereocenters. The van der Waals surface area contributed by atoms with Crippen LogP contribution in [0.2, 0.25) is 0 Å². The molecule has 0 radical (unpaired) electrons. The molecule has 1 aromatic heterocycles. The fraction of sp³-hybridized carbons (Fsp3) is 0.278. The molecule has 0 saturated carbocycles. The van der Waals surface area contributed by atoms with Gasteiger partial charge in [-0.3, -0.25) is 4.79 Å². The summed E-state index contributed by atoms with van der Waals surface area (Å²) in [5, 5.41) is 5.69. The molecule has 132 valence electrons. The number of nitrogens with zero attached hydrogens (tertiary/aromatic N) is 2. The Hall–Kier alpha value is -1.90. The maximum absolute atomic E-state index is 12.5. The van der Waals surface area contributed by atoms with Crippen LogP contribution in [0, 0.1) is 5.92 Å². The number of carbonyl (C=O) groups is 2. The number of aliphatic imine (C=N–C) groups is 1. The van der Waals surface area contributed by atoms with Crippen molar-refractivity contribution >= 4 is 47.8 Å². The largest absolute Gasteiger partial charge is 0.336 e. The maximum Gasteiger partial charge on any atom is 0.281 e. The van der Waals surface area contributed by atoms with Crippen molar-refractivity contribution in [1.29, 1.82) is 0 Å². The normalized spacial score (nSPS) is 25.2. The number of hydrogen-bond donors (Lipinski definition) is 1. The number of fused-ring (bicyclic) bond motifs is 1. The summed E-state index contributed by atoms with van der Waals surface area (Å²) >= 11 is 3.28. The highest BCUT2D eigenvalue weighted by molar-refractivity contribution is 8.13. The number of thioether (sulfide) groups is 1. The number of benzene rings is 1. The highest BCUT2D eigenvalue weighted by Gasteiger charge is 2.50. The minimum atomic E-state index is -0.373. The lowest BCUT2D eigenvalue weighted by Gasteiger charge is -2.34. The molecule has 0 aliphatic carbocycles. The SMILES string of the molecule is O=CBN1C[C@H]2CSC(NC(=O)c3ccccc3)=N[C@@]2(c2cccs2)C1. The average Bonchev–Trinajstić information content (AvgIpc) is 3.30. The third-order valence-electron chi connectivity index (χ3n) is 4.88. The summed E-state index contributed by atoms with van der Waals surface area (Å²) in [7, 11) is 0.426. The van der Waals surface area contributed by atoms with E-state index in [0.29, 0.717) is 30.6 Å². The molecule has 5 nitrogen and oxygen atoms in total. The molecule has 3 heterocycles. The van der Waals surface area contributed by atoms with Crippen LogP contribution in [-0.4, -0.2) is 48.3 Å². The summed E-state index contributed by atoms with van der Waals surface area (Å²) in [5.41, 5.74) is 0.249. The van der Waals surface area contributed by atoms with E-state index in [9.17, 15) is 9.59 Å². The molecule has 0 spiro atoms. The Bertz CT molecular complexity index is 828. The topological polar surface area (TPSA) is 61.8 Å². The van der Waals surface area contributed by atoms with E-state index < -0.39 is 0 Å². The lowest BCUT2D eigenvalue weighted by atomic mass is 9.87. The molecule has 0 unspecified atom stereocenters. The van der Waals surface area contributed by atoms with Gasteiger partial charge in [0.25, 0.3) is 13.3 Å². The second-order valence-electron chi connectivity index (χ2n) is 6.51. The molecule has 8 heteroatoms. The van der Waals surface area contributed by atoms with Gasteiger partial charge in [0.2, 0.25) is 0 Å². The first-order valence-corrected chi connectivity index (χ1v) is 10.4. The quantitative estimate of drug-likeness (QED) is 0.648. The number of hydrogen-bond acceptors (Lipinski definition) is 6. The van der Waals surface area contributed by atoms with E-state index in [1.165, 1.54) is 4.88 Å². The molecule has 1 saturated heterocycles. The Labute approximate surface area is 161 Å². The van der Waals surface area contributed by atoms with Crippen molar-refractivity contribution in [3.05, 3.63) is 58.3 Å². The Morgan fingerprint density at radius 3 is 2.88 bits per heavy atom. The van der Waals surface area contributed by atoms with Crippen molar-refractivity contribution in [2.45, 2.75) is 5.54 Å². The van der Waals surface area contributed by atoms with Crippen molar-refractivity contribution in [3.8, 4) is 0 Å². The summed E-state index contributed by atoms with van der Waals surface area (Å²) in [4.78, 5) is 31.9. The van der Waals surface area contributed by atoms with Crippen LogP contribution >= 0.6 is 23.1 Å². The first-order chi connectivity index (χ1) is 12.7. The summed E-state index contributed by atoms with van der Waals surface area (Å²) in [6.45, 7) is 1.56. The molecular formula is C18H18BN3O2S2. The van der Waals surface area contributed by atoms with Crippen LogP contribution in [0.5, 0.6) is 0 Å². The molecule has 26 heavy (non-hydrogen) atoms. The second kappa shape index (κ2) is 7.38. The zero-order valence-electron chi connectivity index (χ0n) is 14.1. The molecule has 1 fully saturated rings. The standard InChI is InChI=1S/C18H18BN3O2S2/c23-12-19-22-9-14-10-26-17(20-16(24)13-5-2-1-3-6-13)21-18(14,11-22)15-7-4-8-25-15/h1-8,12,14,19H,9-11H2,(H,20,21,24)/t14-,18-/m0/s1. The van der Waals surface area contributed by atoms with E-state index in [-0.39, 0.29) is 11.4 Å². The van der Waals surface area contributed by atoms with Crippen LogP contribution in [-0.2, 0) is 10.3 Å². The van der Waals surface area contributed by atoms with E-state index in [1.807, 2.05) is 24.3 Å². The summed E-state index contributed by atoms with van der Waals surface area (Å²) in [5.74, 6) is 1.07. The van der Waals surface area contributed by atoms with Crippen LogP contribution in [0.15, 0.2) is 52.8 Å². The van der Waals surface area contributed by atoms with Crippen LogP contribution in [0.3, 0.4) is 0 Å². The van der Waals surface area contributed by atoms with Crippen molar-refractivity contribution in [2.24, 2.45) is 10.9 Å². The third-order valence-corrected chi connectivity index (χ3v) is 6.95. The number of amides is 1. The van der Waals surface area contributed by atoms with E-state index in [4.69, 9.17) is 4.99 Å². The van der Waals surface area contributed by atoms with Gasteiger partial charge in [-0.05, 0) is 30.1 Å². The number of thiophene rings is 1. The van der Waals surface area contributed by atoms with Gasteiger partial charge in [-0.2, -0.15) is 0 Å². The van der Waals surface area contributed by atoms with Crippen molar-refractivity contribution < 1.29 is 9.59 Å². The fourth-order valence-electron chi connectivity index (χ4n) is 3.63. The number of amidine groups is 1. The Morgan fingerprint density at radius 2 is 2.15 bits per heavy atom. The van der Waals surface area contributed by atoms with E-state index in [1.54, 1.807) is 35.2 Å². The Kier molecular flexibility index (Phi) is 4.97. The molecule has 2 aliphatic heterocycles. The molecular weight excluding hydrogens is 365 g/mol. The maximum atomic E-state index is 12.5. The second-order valence-corrected chi connectivity index (χ2v) is 8.46. The van der Waals surface area contributed by atoms with Crippen LogP contribution < -0.4 is 5.32 Å². The molecule has 4 rings (SSSR count). The van der Waals surface area contributed by atoms with Gasteiger partial charge in [-0.1, -0.05) is 36.0 Å². The monoisotopic (exact) mass is 383 g/mol.